The number of aliphatic carboxylic acids is 1. The Morgan fingerprint density at radius 3 is 2.72 bits per heavy atom. The molecule has 0 radical (unpaired) electrons. The van der Waals surface area contributed by atoms with E-state index in [-0.39, 0.29) is 24.7 Å². The van der Waals surface area contributed by atoms with Crippen LogP contribution in [0.2, 0.25) is 0 Å². The molecule has 0 aromatic rings. The van der Waals surface area contributed by atoms with Crippen molar-refractivity contribution in [1.82, 2.24) is 5.32 Å². The lowest BCUT2D eigenvalue weighted by molar-refractivity contribution is -0.144. The van der Waals surface area contributed by atoms with Gasteiger partial charge in [-0.05, 0) is 18.6 Å². The Labute approximate surface area is 109 Å². The van der Waals surface area contributed by atoms with E-state index >= 15 is 0 Å². The molecule has 0 bridgehead atoms. The van der Waals surface area contributed by atoms with Crippen LogP contribution in [0, 0.1) is 5.92 Å². The second-order valence-corrected chi connectivity index (χ2v) is 5.22. The Bertz CT molecular complexity index is 327. The first kappa shape index (κ1) is 14.8. The van der Waals surface area contributed by atoms with Crippen LogP contribution in [0.15, 0.2) is 0 Å². The highest BCUT2D eigenvalue weighted by molar-refractivity contribution is 7.99. The number of ether oxygens (including phenoxy) is 1. The number of carboxylic acids is 1. The molecule has 2 atom stereocenters. The fraction of sp³-hybridized carbons (Fsp3) is 0.727. The van der Waals surface area contributed by atoms with Crippen LogP contribution in [0.25, 0.3) is 0 Å². The van der Waals surface area contributed by atoms with Gasteiger partial charge < -0.3 is 15.2 Å². The van der Waals surface area contributed by atoms with Crippen LogP contribution in [-0.4, -0.2) is 47.6 Å². The van der Waals surface area contributed by atoms with E-state index in [1.165, 1.54) is 7.11 Å². The third-order valence-electron chi connectivity index (χ3n) is 2.78. The maximum absolute atomic E-state index is 11.8. The summed E-state index contributed by atoms with van der Waals surface area (Å²) in [5, 5.41) is 11.5. The van der Waals surface area contributed by atoms with Crippen LogP contribution in [0.5, 0.6) is 0 Å². The van der Waals surface area contributed by atoms with Gasteiger partial charge in [0.15, 0.2) is 0 Å². The summed E-state index contributed by atoms with van der Waals surface area (Å²) in [7, 11) is 1.24. The number of methoxy groups -OCH3 is 1. The third kappa shape index (κ3) is 4.56. The van der Waals surface area contributed by atoms with E-state index in [1.54, 1.807) is 11.8 Å². The van der Waals surface area contributed by atoms with Crippen molar-refractivity contribution in [3.63, 3.8) is 0 Å². The highest BCUT2D eigenvalue weighted by Gasteiger charge is 2.28. The zero-order valence-corrected chi connectivity index (χ0v) is 11.0. The van der Waals surface area contributed by atoms with Crippen LogP contribution in [0.4, 0.5) is 0 Å². The quantitative estimate of drug-likeness (QED) is 0.676. The largest absolute Gasteiger partial charge is 0.480 e. The van der Waals surface area contributed by atoms with Crippen LogP contribution in [0.3, 0.4) is 0 Å². The first-order valence-corrected chi connectivity index (χ1v) is 6.87. The number of carbonyl (C=O) groups is 3. The van der Waals surface area contributed by atoms with Crippen molar-refractivity contribution < 1.29 is 24.2 Å². The summed E-state index contributed by atoms with van der Waals surface area (Å²) in [6.07, 6.45) is 0.806. The number of esters is 1. The van der Waals surface area contributed by atoms with E-state index < -0.39 is 18.0 Å². The first-order valence-electron chi connectivity index (χ1n) is 5.72. The summed E-state index contributed by atoms with van der Waals surface area (Å²) in [6, 6.07) is -1.03. The van der Waals surface area contributed by atoms with Gasteiger partial charge in [-0.15, -0.1) is 0 Å². The van der Waals surface area contributed by atoms with Crippen LogP contribution >= 0.6 is 11.8 Å². The van der Waals surface area contributed by atoms with Crippen molar-refractivity contribution >= 4 is 29.6 Å². The predicted molar refractivity (Wildman–Crippen MR) is 66.2 cm³/mol. The molecule has 1 amide bonds. The molecule has 0 aliphatic carbocycles. The number of hydrogen-bond donors (Lipinski definition) is 2. The number of nitrogens with one attached hydrogen (secondary N) is 1. The lowest BCUT2D eigenvalue weighted by Crippen LogP contribution is -2.44. The van der Waals surface area contributed by atoms with Gasteiger partial charge in [0, 0.05) is 18.1 Å². The first-order chi connectivity index (χ1) is 8.54. The molecule has 0 aromatic carbocycles. The summed E-state index contributed by atoms with van der Waals surface area (Å²) in [4.78, 5) is 33.7. The summed E-state index contributed by atoms with van der Waals surface area (Å²) >= 11 is 1.69. The molecule has 0 saturated carbocycles. The minimum Gasteiger partial charge on any atom is -0.480 e. The van der Waals surface area contributed by atoms with E-state index in [0.717, 1.165) is 17.9 Å². The lowest BCUT2D eigenvalue weighted by atomic mass is 10.1. The molecule has 1 unspecified atom stereocenters. The molecule has 1 saturated heterocycles. The van der Waals surface area contributed by atoms with Gasteiger partial charge in [0.1, 0.15) is 6.04 Å². The lowest BCUT2D eigenvalue weighted by Gasteiger charge is -2.16. The second-order valence-electron chi connectivity index (χ2n) is 4.07. The van der Waals surface area contributed by atoms with Crippen molar-refractivity contribution in [3.05, 3.63) is 0 Å². The standard InChI is InChI=1S/C11H17NO5S/c1-17-9(13)3-2-8(11(15)16)12-10(14)7-4-5-18-6-7/h7-8H,2-6H2,1H3,(H,12,14)(H,15,16)/t7?,8-/m1/s1. The van der Waals surface area contributed by atoms with Gasteiger partial charge in [0.2, 0.25) is 5.91 Å². The third-order valence-corrected chi connectivity index (χ3v) is 3.94. The Morgan fingerprint density at radius 2 is 2.22 bits per heavy atom. The van der Waals surface area contributed by atoms with Gasteiger partial charge in [-0.3, -0.25) is 9.59 Å². The van der Waals surface area contributed by atoms with E-state index in [2.05, 4.69) is 10.1 Å². The highest BCUT2D eigenvalue weighted by atomic mass is 32.2. The minimum atomic E-state index is -1.13. The second kappa shape index (κ2) is 7.25. The fourth-order valence-corrected chi connectivity index (χ4v) is 2.87. The molecule has 102 valence electrons. The molecule has 1 fully saturated rings. The maximum Gasteiger partial charge on any atom is 0.326 e. The Kier molecular flexibility index (Phi) is 5.97. The number of thioether (sulfide) groups is 1. The highest BCUT2D eigenvalue weighted by Crippen LogP contribution is 2.23. The Balaban J connectivity index is 2.44. The normalized spacial score (nSPS) is 20.2. The van der Waals surface area contributed by atoms with E-state index in [0.29, 0.717) is 0 Å². The smallest absolute Gasteiger partial charge is 0.326 e. The predicted octanol–water partition coefficient (Wildman–Crippen LogP) is 0.262. The molecule has 2 N–H and O–H groups in total. The number of carbonyl (C=O) groups excluding carboxylic acids is 2. The molecular weight excluding hydrogens is 258 g/mol. The number of amides is 1. The van der Waals surface area contributed by atoms with E-state index in [1.807, 2.05) is 0 Å². The van der Waals surface area contributed by atoms with E-state index in [9.17, 15) is 14.4 Å². The summed E-state index contributed by atoms with van der Waals surface area (Å²) < 4.78 is 4.44. The summed E-state index contributed by atoms with van der Waals surface area (Å²) in [5.74, 6) is -0.301. The van der Waals surface area contributed by atoms with Gasteiger partial charge in [-0.1, -0.05) is 0 Å². The molecule has 1 heterocycles. The maximum atomic E-state index is 11.8. The molecule has 18 heavy (non-hydrogen) atoms. The zero-order valence-electron chi connectivity index (χ0n) is 10.2. The van der Waals surface area contributed by atoms with Gasteiger partial charge in [0.05, 0.1) is 7.11 Å². The molecule has 0 aromatic heterocycles. The Morgan fingerprint density at radius 1 is 1.50 bits per heavy atom. The van der Waals surface area contributed by atoms with Crippen LogP contribution in [-0.2, 0) is 19.1 Å². The van der Waals surface area contributed by atoms with Crippen molar-refractivity contribution in [3.8, 4) is 0 Å². The van der Waals surface area contributed by atoms with Gasteiger partial charge in [-0.25, -0.2) is 4.79 Å². The van der Waals surface area contributed by atoms with Crippen LogP contribution in [0.1, 0.15) is 19.3 Å². The SMILES string of the molecule is COC(=O)CC[C@@H](NC(=O)C1CCSC1)C(=O)O. The molecule has 1 aliphatic rings. The number of rotatable bonds is 6. The molecule has 1 rings (SSSR count). The van der Waals surface area contributed by atoms with Gasteiger partial charge in [0.25, 0.3) is 0 Å². The summed E-state index contributed by atoms with van der Waals surface area (Å²) in [6.45, 7) is 0. The molecule has 7 heteroatoms. The van der Waals surface area contributed by atoms with Crippen molar-refractivity contribution in [2.45, 2.75) is 25.3 Å². The van der Waals surface area contributed by atoms with Crippen LogP contribution < -0.4 is 5.32 Å². The average molecular weight is 275 g/mol. The zero-order chi connectivity index (χ0) is 13.5. The topological polar surface area (TPSA) is 92.7 Å². The van der Waals surface area contributed by atoms with Crippen molar-refractivity contribution in [2.75, 3.05) is 18.6 Å². The number of hydrogen-bond acceptors (Lipinski definition) is 5. The van der Waals surface area contributed by atoms with E-state index in [4.69, 9.17) is 5.11 Å². The average Bonchev–Trinajstić information content (AvgIpc) is 2.87. The monoisotopic (exact) mass is 275 g/mol. The molecule has 1 aliphatic heterocycles. The Hall–Kier alpha value is -1.24. The van der Waals surface area contributed by atoms with Gasteiger partial charge in [-0.2, -0.15) is 11.8 Å². The summed E-state index contributed by atoms with van der Waals surface area (Å²) in [5.41, 5.74) is 0. The molecular formula is C11H17NO5S. The molecule has 0 spiro atoms. The van der Waals surface area contributed by atoms with Gasteiger partial charge >= 0.3 is 11.9 Å². The fourth-order valence-electron chi connectivity index (χ4n) is 1.65. The minimum absolute atomic E-state index is 0.0207. The number of carboxylic acid groups (broad SMARTS) is 1. The van der Waals surface area contributed by atoms with Crippen molar-refractivity contribution in [2.24, 2.45) is 5.92 Å². The molecule has 6 nitrogen and oxygen atoms in total. The van der Waals surface area contributed by atoms with Crippen molar-refractivity contribution in [1.29, 1.82) is 0 Å².